The van der Waals surface area contributed by atoms with Crippen molar-refractivity contribution in [3.63, 3.8) is 0 Å². The Kier molecular flexibility index (Phi) is 5.51. The number of amides is 2. The van der Waals surface area contributed by atoms with Gasteiger partial charge in [-0.25, -0.2) is 0 Å². The summed E-state index contributed by atoms with van der Waals surface area (Å²) in [6.07, 6.45) is 4.70. The lowest BCUT2D eigenvalue weighted by Gasteiger charge is -2.39. The third kappa shape index (κ3) is 4.30. The van der Waals surface area contributed by atoms with Gasteiger partial charge in [-0.05, 0) is 38.0 Å². The van der Waals surface area contributed by atoms with Crippen LogP contribution < -0.4 is 5.32 Å². The second-order valence-electron chi connectivity index (χ2n) is 7.79. The number of aromatic nitrogens is 2. The SMILES string of the molecule is CC(C)C(=O)N[C@@H](C)C(=O)N1CCC(O)(Cn2ccc3ncccc32)CC1. The number of pyridine rings is 1. The molecular weight excluding hydrogens is 344 g/mol. The molecule has 0 spiro atoms. The van der Waals surface area contributed by atoms with E-state index in [2.05, 4.69) is 10.3 Å². The van der Waals surface area contributed by atoms with Crippen LogP contribution in [0.5, 0.6) is 0 Å². The molecule has 0 unspecified atom stereocenters. The Balaban J connectivity index is 1.59. The van der Waals surface area contributed by atoms with Crippen molar-refractivity contribution in [2.45, 2.75) is 51.8 Å². The first kappa shape index (κ1) is 19.4. The van der Waals surface area contributed by atoms with E-state index >= 15 is 0 Å². The number of carbonyl (C=O) groups is 2. The van der Waals surface area contributed by atoms with Crippen LogP contribution in [0.2, 0.25) is 0 Å². The van der Waals surface area contributed by atoms with Crippen molar-refractivity contribution in [2.24, 2.45) is 5.92 Å². The molecule has 1 aliphatic rings. The summed E-state index contributed by atoms with van der Waals surface area (Å²) in [6.45, 7) is 6.75. The molecule has 1 saturated heterocycles. The Hall–Kier alpha value is -2.41. The molecular formula is C20H28N4O3. The first-order valence-electron chi connectivity index (χ1n) is 9.50. The van der Waals surface area contributed by atoms with Crippen molar-refractivity contribution in [1.29, 1.82) is 0 Å². The molecule has 0 saturated carbocycles. The number of fused-ring (bicyclic) bond motifs is 1. The highest BCUT2D eigenvalue weighted by Crippen LogP contribution is 2.26. The fourth-order valence-electron chi connectivity index (χ4n) is 3.49. The summed E-state index contributed by atoms with van der Waals surface area (Å²) < 4.78 is 2.02. The maximum Gasteiger partial charge on any atom is 0.244 e. The average Bonchev–Trinajstić information content (AvgIpc) is 3.04. The molecule has 3 heterocycles. The zero-order chi connectivity index (χ0) is 19.6. The molecule has 0 radical (unpaired) electrons. The maximum absolute atomic E-state index is 12.6. The Bertz CT molecular complexity index is 821. The zero-order valence-electron chi connectivity index (χ0n) is 16.2. The number of likely N-dealkylation sites (tertiary alicyclic amines) is 1. The van der Waals surface area contributed by atoms with Gasteiger partial charge in [0.05, 0.1) is 23.2 Å². The molecule has 2 amide bonds. The molecule has 27 heavy (non-hydrogen) atoms. The minimum absolute atomic E-state index is 0.0957. The molecule has 3 rings (SSSR count). The van der Waals surface area contributed by atoms with Gasteiger partial charge in [-0.1, -0.05) is 13.8 Å². The van der Waals surface area contributed by atoms with Gasteiger partial charge in [-0.2, -0.15) is 0 Å². The van der Waals surface area contributed by atoms with Gasteiger partial charge in [0.1, 0.15) is 6.04 Å². The number of rotatable bonds is 5. The van der Waals surface area contributed by atoms with Crippen molar-refractivity contribution >= 4 is 22.8 Å². The molecule has 1 atom stereocenters. The standard InChI is InChI=1S/C20H28N4O3/c1-14(2)18(25)22-15(3)19(26)23-11-7-20(27,8-12-23)13-24-10-6-16-17(24)5-4-9-21-16/h4-6,9-10,14-15,27H,7-8,11-13H2,1-3H3,(H,22,25)/t15-/m0/s1. The molecule has 0 aliphatic carbocycles. The Morgan fingerprint density at radius 3 is 2.63 bits per heavy atom. The molecule has 7 nitrogen and oxygen atoms in total. The second-order valence-corrected chi connectivity index (χ2v) is 7.79. The summed E-state index contributed by atoms with van der Waals surface area (Å²) in [5.74, 6) is -0.378. The lowest BCUT2D eigenvalue weighted by Crippen LogP contribution is -2.53. The van der Waals surface area contributed by atoms with E-state index in [-0.39, 0.29) is 17.7 Å². The van der Waals surface area contributed by atoms with E-state index in [1.807, 2.05) is 29.0 Å². The van der Waals surface area contributed by atoms with Crippen LogP contribution >= 0.6 is 0 Å². The van der Waals surface area contributed by atoms with E-state index < -0.39 is 11.6 Å². The van der Waals surface area contributed by atoms with Gasteiger partial charge >= 0.3 is 0 Å². The fourth-order valence-corrected chi connectivity index (χ4v) is 3.49. The van der Waals surface area contributed by atoms with Crippen LogP contribution in [-0.2, 0) is 16.1 Å². The van der Waals surface area contributed by atoms with E-state index in [0.29, 0.717) is 32.5 Å². The predicted octanol–water partition coefficient (Wildman–Crippen LogP) is 1.55. The first-order valence-corrected chi connectivity index (χ1v) is 9.50. The molecule has 2 aromatic heterocycles. The van der Waals surface area contributed by atoms with Crippen LogP contribution in [0, 0.1) is 5.92 Å². The van der Waals surface area contributed by atoms with Gasteiger partial charge < -0.3 is 19.9 Å². The molecule has 2 aromatic rings. The first-order chi connectivity index (χ1) is 12.8. The van der Waals surface area contributed by atoms with Crippen LogP contribution in [0.1, 0.15) is 33.6 Å². The number of piperidine rings is 1. The van der Waals surface area contributed by atoms with Crippen molar-refractivity contribution < 1.29 is 14.7 Å². The van der Waals surface area contributed by atoms with Gasteiger partial charge in [0.15, 0.2) is 0 Å². The third-order valence-electron chi connectivity index (χ3n) is 5.26. The number of aliphatic hydroxyl groups is 1. The van der Waals surface area contributed by atoms with Crippen molar-refractivity contribution in [1.82, 2.24) is 19.8 Å². The molecule has 1 fully saturated rings. The molecule has 2 N–H and O–H groups in total. The van der Waals surface area contributed by atoms with E-state index in [1.165, 1.54) is 0 Å². The second kappa shape index (κ2) is 7.68. The highest BCUT2D eigenvalue weighted by atomic mass is 16.3. The van der Waals surface area contributed by atoms with Crippen molar-refractivity contribution in [3.05, 3.63) is 30.6 Å². The molecule has 7 heteroatoms. The Labute approximate surface area is 159 Å². The fraction of sp³-hybridized carbons (Fsp3) is 0.550. The van der Waals surface area contributed by atoms with Crippen molar-refractivity contribution in [3.8, 4) is 0 Å². The number of hydrogen-bond donors (Lipinski definition) is 2. The maximum atomic E-state index is 12.6. The van der Waals surface area contributed by atoms with Gasteiger partial charge in [-0.15, -0.1) is 0 Å². The lowest BCUT2D eigenvalue weighted by molar-refractivity contribution is -0.140. The summed E-state index contributed by atoms with van der Waals surface area (Å²) in [5.41, 5.74) is 1.04. The Morgan fingerprint density at radius 1 is 1.26 bits per heavy atom. The topological polar surface area (TPSA) is 87.5 Å². The van der Waals surface area contributed by atoms with Gasteiger partial charge in [0.2, 0.25) is 11.8 Å². The average molecular weight is 372 g/mol. The van der Waals surface area contributed by atoms with Gasteiger partial charge in [-0.3, -0.25) is 14.6 Å². The van der Waals surface area contributed by atoms with Crippen LogP contribution in [-0.4, -0.2) is 56.1 Å². The van der Waals surface area contributed by atoms with E-state index in [0.717, 1.165) is 11.0 Å². The molecule has 146 valence electrons. The monoisotopic (exact) mass is 372 g/mol. The normalized spacial score (nSPS) is 17.9. The largest absolute Gasteiger partial charge is 0.388 e. The number of carbonyl (C=O) groups excluding carboxylic acids is 2. The van der Waals surface area contributed by atoms with Gasteiger partial charge in [0, 0.05) is 31.4 Å². The summed E-state index contributed by atoms with van der Waals surface area (Å²) in [5, 5.41) is 13.8. The van der Waals surface area contributed by atoms with E-state index in [4.69, 9.17) is 0 Å². The quantitative estimate of drug-likeness (QED) is 0.834. The predicted molar refractivity (Wildman–Crippen MR) is 103 cm³/mol. The highest BCUT2D eigenvalue weighted by Gasteiger charge is 2.35. The minimum Gasteiger partial charge on any atom is -0.388 e. The minimum atomic E-state index is -0.858. The highest BCUT2D eigenvalue weighted by molar-refractivity contribution is 5.88. The van der Waals surface area contributed by atoms with Crippen LogP contribution in [0.4, 0.5) is 0 Å². The zero-order valence-corrected chi connectivity index (χ0v) is 16.2. The van der Waals surface area contributed by atoms with E-state index in [9.17, 15) is 14.7 Å². The summed E-state index contributed by atoms with van der Waals surface area (Å²) in [6, 6.07) is 5.27. The smallest absolute Gasteiger partial charge is 0.244 e. The summed E-state index contributed by atoms with van der Waals surface area (Å²) in [4.78, 5) is 30.4. The third-order valence-corrected chi connectivity index (χ3v) is 5.26. The lowest BCUT2D eigenvalue weighted by atomic mass is 9.91. The van der Waals surface area contributed by atoms with Crippen LogP contribution in [0.3, 0.4) is 0 Å². The van der Waals surface area contributed by atoms with Crippen molar-refractivity contribution in [2.75, 3.05) is 13.1 Å². The molecule has 0 aromatic carbocycles. The number of nitrogens with zero attached hydrogens (tertiary/aromatic N) is 3. The molecule has 0 bridgehead atoms. The van der Waals surface area contributed by atoms with E-state index in [1.54, 1.807) is 31.9 Å². The Morgan fingerprint density at radius 2 is 1.96 bits per heavy atom. The summed E-state index contributed by atoms with van der Waals surface area (Å²) in [7, 11) is 0. The number of hydrogen-bond acceptors (Lipinski definition) is 4. The number of nitrogens with one attached hydrogen (secondary N) is 1. The summed E-state index contributed by atoms with van der Waals surface area (Å²) >= 11 is 0. The van der Waals surface area contributed by atoms with Gasteiger partial charge in [0.25, 0.3) is 0 Å². The van der Waals surface area contributed by atoms with Crippen LogP contribution in [0.25, 0.3) is 11.0 Å². The molecule has 1 aliphatic heterocycles. The van der Waals surface area contributed by atoms with Crippen LogP contribution in [0.15, 0.2) is 30.6 Å².